The maximum absolute atomic E-state index is 12.9. The molecule has 4 nitrogen and oxygen atoms in total. The van der Waals surface area contributed by atoms with Gasteiger partial charge < -0.3 is 0 Å². The molecule has 0 aliphatic rings. The molecular weight excluding hydrogens is 308 g/mol. The number of carbonyl (C=O) groups excluding carboxylic acids is 1. The van der Waals surface area contributed by atoms with Gasteiger partial charge in [-0.2, -0.15) is 0 Å². The minimum atomic E-state index is -0.176. The van der Waals surface area contributed by atoms with E-state index in [-0.39, 0.29) is 17.4 Å². The highest BCUT2D eigenvalue weighted by Crippen LogP contribution is 2.21. The Hall–Kier alpha value is -2.40. The number of hydrogen-bond acceptors (Lipinski definition) is 3. The van der Waals surface area contributed by atoms with Crippen LogP contribution >= 0.6 is 11.3 Å². The summed E-state index contributed by atoms with van der Waals surface area (Å²) in [6.45, 7) is 5.78. The summed E-state index contributed by atoms with van der Waals surface area (Å²) < 4.78 is 2.98. The fourth-order valence-electron chi connectivity index (χ4n) is 2.84. The third kappa shape index (κ3) is 2.57. The number of nitrogens with zero attached hydrogens (tertiary/aromatic N) is 2. The summed E-state index contributed by atoms with van der Waals surface area (Å²) >= 11 is 1.38. The van der Waals surface area contributed by atoms with E-state index in [9.17, 15) is 9.59 Å². The molecule has 0 bridgehead atoms. The van der Waals surface area contributed by atoms with E-state index >= 15 is 0 Å². The van der Waals surface area contributed by atoms with Crippen LogP contribution < -0.4 is 5.56 Å². The van der Waals surface area contributed by atoms with Crippen LogP contribution in [-0.4, -0.2) is 15.3 Å². The van der Waals surface area contributed by atoms with Crippen LogP contribution in [0.3, 0.4) is 0 Å². The molecule has 0 amide bonds. The highest BCUT2D eigenvalue weighted by atomic mass is 32.1. The van der Waals surface area contributed by atoms with Gasteiger partial charge in [-0.15, -0.1) is 11.3 Å². The summed E-state index contributed by atoms with van der Waals surface area (Å²) in [6.07, 6.45) is 0. The van der Waals surface area contributed by atoms with E-state index in [0.717, 1.165) is 0 Å². The third-order valence-corrected chi connectivity index (χ3v) is 4.69. The second-order valence-corrected chi connectivity index (χ2v) is 6.65. The Morgan fingerprint density at radius 2 is 1.78 bits per heavy atom. The molecule has 0 saturated carbocycles. The molecule has 0 aliphatic heterocycles. The fourth-order valence-corrected chi connectivity index (χ4v) is 3.49. The van der Waals surface area contributed by atoms with Crippen molar-refractivity contribution in [2.75, 3.05) is 0 Å². The van der Waals surface area contributed by atoms with E-state index in [1.54, 1.807) is 6.07 Å². The van der Waals surface area contributed by atoms with E-state index in [4.69, 9.17) is 0 Å². The molecular formula is C18H18N2O2S. The first-order chi connectivity index (χ1) is 11.0. The molecule has 3 aromatic rings. The average molecular weight is 326 g/mol. The summed E-state index contributed by atoms with van der Waals surface area (Å²) in [4.78, 5) is 26.5. The van der Waals surface area contributed by atoms with Crippen molar-refractivity contribution >= 4 is 17.2 Å². The molecule has 0 radical (unpaired) electrons. The standard InChI is InChI=1S/C18H18N2O2S/c1-12(2)16-13(3)19(17(21)15-10-7-11-23-15)20(18(16)22)14-8-5-4-6-9-14/h4-12H,1-3H3. The number of para-hydroxylation sites is 1. The minimum absolute atomic E-state index is 0.0508. The number of benzene rings is 1. The Labute approximate surface area is 138 Å². The number of aromatic nitrogens is 2. The van der Waals surface area contributed by atoms with E-state index in [2.05, 4.69) is 0 Å². The zero-order chi connectivity index (χ0) is 16.6. The molecule has 0 atom stereocenters. The van der Waals surface area contributed by atoms with Crippen LogP contribution in [-0.2, 0) is 0 Å². The molecule has 0 N–H and O–H groups in total. The van der Waals surface area contributed by atoms with Gasteiger partial charge in [0, 0.05) is 5.56 Å². The SMILES string of the molecule is Cc1c(C(C)C)c(=O)n(-c2ccccc2)n1C(=O)c1cccs1. The van der Waals surface area contributed by atoms with Crippen molar-refractivity contribution < 1.29 is 4.79 Å². The largest absolute Gasteiger partial charge is 0.287 e. The lowest BCUT2D eigenvalue weighted by Crippen LogP contribution is -2.27. The summed E-state index contributed by atoms with van der Waals surface area (Å²) in [6, 6.07) is 12.9. The van der Waals surface area contributed by atoms with Gasteiger partial charge in [0.15, 0.2) is 0 Å². The second kappa shape index (κ2) is 6.01. The lowest BCUT2D eigenvalue weighted by Gasteiger charge is -2.11. The maximum atomic E-state index is 12.9. The number of rotatable bonds is 3. The third-order valence-electron chi connectivity index (χ3n) is 3.83. The van der Waals surface area contributed by atoms with Gasteiger partial charge in [-0.25, -0.2) is 9.36 Å². The molecule has 0 unspecified atom stereocenters. The summed E-state index contributed by atoms with van der Waals surface area (Å²) in [7, 11) is 0. The highest BCUT2D eigenvalue weighted by molar-refractivity contribution is 7.12. The predicted molar refractivity (Wildman–Crippen MR) is 92.9 cm³/mol. The maximum Gasteiger partial charge on any atom is 0.287 e. The molecule has 0 spiro atoms. The van der Waals surface area contributed by atoms with Crippen molar-refractivity contribution in [3.05, 3.63) is 74.3 Å². The minimum Gasteiger partial charge on any atom is -0.267 e. The van der Waals surface area contributed by atoms with Crippen LogP contribution in [0.1, 0.15) is 40.7 Å². The smallest absolute Gasteiger partial charge is 0.267 e. The molecule has 2 aromatic heterocycles. The lowest BCUT2D eigenvalue weighted by molar-refractivity contribution is 0.0937. The molecule has 0 saturated heterocycles. The topological polar surface area (TPSA) is 44.0 Å². The van der Waals surface area contributed by atoms with Gasteiger partial charge in [0.2, 0.25) is 0 Å². The van der Waals surface area contributed by atoms with Crippen molar-refractivity contribution in [1.29, 1.82) is 0 Å². The molecule has 118 valence electrons. The van der Waals surface area contributed by atoms with E-state index < -0.39 is 0 Å². The molecule has 2 heterocycles. The highest BCUT2D eigenvalue weighted by Gasteiger charge is 2.25. The second-order valence-electron chi connectivity index (χ2n) is 5.70. The van der Waals surface area contributed by atoms with Gasteiger partial charge in [-0.05, 0) is 36.4 Å². The lowest BCUT2D eigenvalue weighted by atomic mass is 10.0. The predicted octanol–water partition coefficient (Wildman–Crippen LogP) is 3.82. The van der Waals surface area contributed by atoms with Gasteiger partial charge in [0.25, 0.3) is 11.5 Å². The van der Waals surface area contributed by atoms with Crippen molar-refractivity contribution in [3.8, 4) is 5.69 Å². The summed E-state index contributed by atoms with van der Waals surface area (Å²) in [5.41, 5.74) is 1.94. The van der Waals surface area contributed by atoms with E-state index in [1.165, 1.54) is 20.7 Å². The first kappa shape index (κ1) is 15.5. The summed E-state index contributed by atoms with van der Waals surface area (Å²) in [5, 5.41) is 1.86. The Morgan fingerprint density at radius 3 is 2.35 bits per heavy atom. The fraction of sp³-hybridized carbons (Fsp3) is 0.222. The Morgan fingerprint density at radius 1 is 1.09 bits per heavy atom. The van der Waals surface area contributed by atoms with Gasteiger partial charge in [0.05, 0.1) is 16.3 Å². The van der Waals surface area contributed by atoms with Crippen molar-refractivity contribution in [2.45, 2.75) is 26.7 Å². The van der Waals surface area contributed by atoms with Crippen LogP contribution in [0.25, 0.3) is 5.69 Å². The van der Waals surface area contributed by atoms with Crippen LogP contribution in [0.4, 0.5) is 0 Å². The Kier molecular flexibility index (Phi) is 4.05. The van der Waals surface area contributed by atoms with Crippen LogP contribution in [0.2, 0.25) is 0 Å². The molecule has 1 aromatic carbocycles. The normalized spacial score (nSPS) is 11.1. The van der Waals surface area contributed by atoms with Crippen LogP contribution in [0, 0.1) is 6.92 Å². The summed E-state index contributed by atoms with van der Waals surface area (Å²) in [5.74, 6) is -0.125. The Bertz CT molecular complexity index is 887. The van der Waals surface area contributed by atoms with Crippen LogP contribution in [0.15, 0.2) is 52.6 Å². The van der Waals surface area contributed by atoms with Gasteiger partial charge in [-0.3, -0.25) is 9.59 Å². The first-order valence-corrected chi connectivity index (χ1v) is 8.38. The number of hydrogen-bond donors (Lipinski definition) is 0. The van der Waals surface area contributed by atoms with E-state index in [1.807, 2.05) is 62.5 Å². The number of thiophene rings is 1. The Balaban J connectivity index is 2.32. The monoisotopic (exact) mass is 326 g/mol. The molecule has 3 rings (SSSR count). The van der Waals surface area contributed by atoms with Crippen molar-refractivity contribution in [2.24, 2.45) is 0 Å². The van der Waals surface area contributed by atoms with Crippen molar-refractivity contribution in [1.82, 2.24) is 9.36 Å². The molecule has 23 heavy (non-hydrogen) atoms. The van der Waals surface area contributed by atoms with Crippen LogP contribution in [0.5, 0.6) is 0 Å². The van der Waals surface area contributed by atoms with Gasteiger partial charge in [0.1, 0.15) is 0 Å². The molecule has 5 heteroatoms. The van der Waals surface area contributed by atoms with Gasteiger partial charge >= 0.3 is 0 Å². The zero-order valence-corrected chi connectivity index (χ0v) is 14.1. The zero-order valence-electron chi connectivity index (χ0n) is 13.3. The van der Waals surface area contributed by atoms with Gasteiger partial charge in [-0.1, -0.05) is 38.1 Å². The molecule has 0 aliphatic carbocycles. The number of carbonyl (C=O) groups is 1. The van der Waals surface area contributed by atoms with Crippen molar-refractivity contribution in [3.63, 3.8) is 0 Å². The first-order valence-electron chi connectivity index (χ1n) is 7.50. The quantitative estimate of drug-likeness (QED) is 0.734. The van der Waals surface area contributed by atoms with E-state index in [0.29, 0.717) is 21.8 Å². The molecule has 0 fully saturated rings. The average Bonchev–Trinajstić information content (AvgIpc) is 3.14.